The molecule has 3 aromatic heterocycles. The van der Waals surface area contributed by atoms with Crippen molar-refractivity contribution in [2.24, 2.45) is 0 Å². The zero-order valence-electron chi connectivity index (χ0n) is 17.0. The molecule has 0 radical (unpaired) electrons. The normalized spacial score (nSPS) is 13.0. The zero-order chi connectivity index (χ0) is 21.0. The molecule has 0 saturated carbocycles. The van der Waals surface area contributed by atoms with Crippen LogP contribution >= 0.6 is 0 Å². The summed E-state index contributed by atoms with van der Waals surface area (Å²) in [5.74, 6) is 1.98. The van der Waals surface area contributed by atoms with Gasteiger partial charge in [-0.2, -0.15) is 4.98 Å². The summed E-state index contributed by atoms with van der Waals surface area (Å²) in [7, 11) is 0. The van der Waals surface area contributed by atoms with Gasteiger partial charge in [-0.25, -0.2) is 4.98 Å². The van der Waals surface area contributed by atoms with Gasteiger partial charge in [-0.1, -0.05) is 17.3 Å². The van der Waals surface area contributed by atoms with Crippen LogP contribution in [0.15, 0.2) is 59.5 Å². The van der Waals surface area contributed by atoms with Gasteiger partial charge in [0.25, 0.3) is 0 Å². The molecule has 1 N–H and O–H groups in total. The number of fused-ring (bicyclic) bond motifs is 1. The summed E-state index contributed by atoms with van der Waals surface area (Å²) in [5, 5.41) is 6.87. The van der Waals surface area contributed by atoms with Gasteiger partial charge in [-0.05, 0) is 37.1 Å². The lowest BCUT2D eigenvalue weighted by Crippen LogP contribution is -2.12. The fourth-order valence-corrected chi connectivity index (χ4v) is 3.69. The SMILES string of the molecule is O=C(CCc1nc(-c2ccncc2)no1)Nc1ccc(-c2cn3c(n2)CCCC3)cc1. The molecule has 0 bridgehead atoms. The molecule has 5 rings (SSSR count). The minimum Gasteiger partial charge on any atom is -0.339 e. The number of nitrogens with one attached hydrogen (secondary N) is 1. The van der Waals surface area contributed by atoms with E-state index in [0.29, 0.717) is 18.1 Å². The molecule has 0 saturated heterocycles. The lowest BCUT2D eigenvalue weighted by Gasteiger charge is -2.11. The third-order valence-corrected chi connectivity index (χ3v) is 5.35. The van der Waals surface area contributed by atoms with Crippen LogP contribution in [0, 0.1) is 0 Å². The molecule has 0 fully saturated rings. The van der Waals surface area contributed by atoms with Crippen molar-refractivity contribution in [2.45, 2.75) is 38.6 Å². The van der Waals surface area contributed by atoms with Crippen molar-refractivity contribution in [1.82, 2.24) is 24.7 Å². The van der Waals surface area contributed by atoms with E-state index in [9.17, 15) is 4.79 Å². The van der Waals surface area contributed by atoms with Crippen molar-refractivity contribution in [2.75, 3.05) is 5.32 Å². The second kappa shape index (κ2) is 8.51. The average molecular weight is 414 g/mol. The first-order valence-corrected chi connectivity index (χ1v) is 10.4. The quantitative estimate of drug-likeness (QED) is 0.514. The largest absolute Gasteiger partial charge is 0.339 e. The summed E-state index contributed by atoms with van der Waals surface area (Å²) in [6, 6.07) is 11.4. The highest BCUT2D eigenvalue weighted by Gasteiger charge is 2.14. The van der Waals surface area contributed by atoms with E-state index >= 15 is 0 Å². The van der Waals surface area contributed by atoms with E-state index in [1.54, 1.807) is 12.4 Å². The molecule has 4 aromatic rings. The molecule has 156 valence electrons. The topological polar surface area (TPSA) is 98.7 Å². The van der Waals surface area contributed by atoms with Gasteiger partial charge in [0.15, 0.2) is 0 Å². The highest BCUT2D eigenvalue weighted by Crippen LogP contribution is 2.24. The Hall–Kier alpha value is -3.81. The monoisotopic (exact) mass is 414 g/mol. The molecule has 0 spiro atoms. The van der Waals surface area contributed by atoms with Crippen molar-refractivity contribution in [3.05, 3.63) is 66.7 Å². The average Bonchev–Trinajstić information content (AvgIpc) is 3.46. The minimum absolute atomic E-state index is 0.103. The molecule has 0 aliphatic carbocycles. The molecule has 8 heteroatoms. The Balaban J connectivity index is 1.16. The second-order valence-corrected chi connectivity index (χ2v) is 7.57. The van der Waals surface area contributed by atoms with Gasteiger partial charge in [0.05, 0.1) is 5.69 Å². The number of hydrogen-bond acceptors (Lipinski definition) is 6. The van der Waals surface area contributed by atoms with E-state index in [1.165, 1.54) is 12.8 Å². The highest BCUT2D eigenvalue weighted by molar-refractivity contribution is 5.91. The third kappa shape index (κ3) is 4.37. The maximum absolute atomic E-state index is 12.3. The molecule has 1 aromatic carbocycles. The van der Waals surface area contributed by atoms with Crippen LogP contribution in [0.25, 0.3) is 22.6 Å². The summed E-state index contributed by atoms with van der Waals surface area (Å²) in [5.41, 5.74) is 3.61. The Morgan fingerprint density at radius 3 is 2.68 bits per heavy atom. The van der Waals surface area contributed by atoms with Gasteiger partial charge < -0.3 is 14.4 Å². The van der Waals surface area contributed by atoms with Gasteiger partial charge >= 0.3 is 0 Å². The molecule has 0 atom stereocenters. The minimum atomic E-state index is -0.103. The van der Waals surface area contributed by atoms with Crippen LogP contribution in [0.5, 0.6) is 0 Å². The van der Waals surface area contributed by atoms with E-state index in [1.807, 2.05) is 36.4 Å². The van der Waals surface area contributed by atoms with Crippen molar-refractivity contribution >= 4 is 11.6 Å². The number of rotatable bonds is 6. The molecule has 0 unspecified atom stereocenters. The lowest BCUT2D eigenvalue weighted by atomic mass is 10.1. The summed E-state index contributed by atoms with van der Waals surface area (Å²) in [4.78, 5) is 25.4. The summed E-state index contributed by atoms with van der Waals surface area (Å²) < 4.78 is 7.49. The van der Waals surface area contributed by atoms with Gasteiger partial charge in [0, 0.05) is 61.2 Å². The number of pyridine rings is 1. The van der Waals surface area contributed by atoms with Gasteiger partial charge in [-0.3, -0.25) is 9.78 Å². The van der Waals surface area contributed by atoms with Gasteiger partial charge in [-0.15, -0.1) is 0 Å². The van der Waals surface area contributed by atoms with Crippen LogP contribution in [0.2, 0.25) is 0 Å². The third-order valence-electron chi connectivity index (χ3n) is 5.35. The van der Waals surface area contributed by atoms with E-state index in [-0.39, 0.29) is 12.3 Å². The van der Waals surface area contributed by atoms with Crippen LogP contribution in [-0.2, 0) is 24.2 Å². The van der Waals surface area contributed by atoms with Crippen molar-refractivity contribution < 1.29 is 9.32 Å². The molecule has 8 nitrogen and oxygen atoms in total. The van der Waals surface area contributed by atoms with Crippen LogP contribution in [0.1, 0.15) is 31.0 Å². The molecule has 1 aliphatic heterocycles. The Morgan fingerprint density at radius 2 is 1.87 bits per heavy atom. The second-order valence-electron chi connectivity index (χ2n) is 7.57. The Labute approximate surface area is 179 Å². The molecular weight excluding hydrogens is 392 g/mol. The van der Waals surface area contributed by atoms with Crippen LogP contribution < -0.4 is 5.32 Å². The van der Waals surface area contributed by atoms with E-state index in [2.05, 4.69) is 31.2 Å². The first-order valence-electron chi connectivity index (χ1n) is 10.4. The Morgan fingerprint density at radius 1 is 1.03 bits per heavy atom. The number of anilines is 1. The summed E-state index contributed by atoms with van der Waals surface area (Å²) in [6.45, 7) is 1.04. The number of aryl methyl sites for hydroxylation is 3. The number of carbonyl (C=O) groups is 1. The predicted molar refractivity (Wildman–Crippen MR) is 115 cm³/mol. The molecular formula is C23H22N6O2. The summed E-state index contributed by atoms with van der Waals surface area (Å²) in [6.07, 6.45) is 9.55. The Bertz CT molecular complexity index is 1160. The maximum atomic E-state index is 12.3. The first kappa shape index (κ1) is 19.2. The number of amides is 1. The smallest absolute Gasteiger partial charge is 0.227 e. The molecule has 1 aliphatic rings. The van der Waals surface area contributed by atoms with Crippen molar-refractivity contribution in [3.8, 4) is 22.6 Å². The van der Waals surface area contributed by atoms with E-state index in [0.717, 1.165) is 41.3 Å². The predicted octanol–water partition coefficient (Wildman–Crippen LogP) is 3.90. The summed E-state index contributed by atoms with van der Waals surface area (Å²) >= 11 is 0. The molecule has 4 heterocycles. The fraction of sp³-hybridized carbons (Fsp3) is 0.261. The number of carbonyl (C=O) groups excluding carboxylic acids is 1. The van der Waals surface area contributed by atoms with Gasteiger partial charge in [0.1, 0.15) is 5.82 Å². The number of imidazole rings is 1. The highest BCUT2D eigenvalue weighted by atomic mass is 16.5. The van der Waals surface area contributed by atoms with E-state index in [4.69, 9.17) is 9.51 Å². The molecule has 1 amide bonds. The fourth-order valence-electron chi connectivity index (χ4n) is 3.69. The lowest BCUT2D eigenvalue weighted by molar-refractivity contribution is -0.116. The number of benzene rings is 1. The first-order chi connectivity index (χ1) is 15.2. The number of hydrogen-bond donors (Lipinski definition) is 1. The number of aromatic nitrogens is 5. The Kier molecular flexibility index (Phi) is 5.26. The zero-order valence-corrected chi connectivity index (χ0v) is 17.0. The van der Waals surface area contributed by atoms with Gasteiger partial charge in [0.2, 0.25) is 17.6 Å². The standard InChI is InChI=1S/C23H22N6O2/c30-21(8-9-22-27-23(28-31-22)17-10-12-24-13-11-17)25-18-6-4-16(5-7-18)19-15-29-14-2-1-3-20(29)26-19/h4-7,10-13,15H,1-3,8-9,14H2,(H,25,30). The maximum Gasteiger partial charge on any atom is 0.227 e. The van der Waals surface area contributed by atoms with E-state index < -0.39 is 0 Å². The number of nitrogens with zero attached hydrogens (tertiary/aromatic N) is 5. The van der Waals surface area contributed by atoms with Crippen molar-refractivity contribution in [3.63, 3.8) is 0 Å². The van der Waals surface area contributed by atoms with Crippen LogP contribution in [0.3, 0.4) is 0 Å². The van der Waals surface area contributed by atoms with Crippen LogP contribution in [0.4, 0.5) is 5.69 Å². The molecule has 31 heavy (non-hydrogen) atoms. The van der Waals surface area contributed by atoms with Crippen LogP contribution in [-0.4, -0.2) is 30.6 Å². The van der Waals surface area contributed by atoms with Crippen molar-refractivity contribution in [1.29, 1.82) is 0 Å².